The molecule has 0 saturated carbocycles. The zero-order chi connectivity index (χ0) is 12.1. The van der Waals surface area contributed by atoms with Crippen LogP contribution in [-0.4, -0.2) is 5.66 Å². The predicted molar refractivity (Wildman–Crippen MR) is 69.5 cm³/mol. The molecule has 0 bridgehead atoms. The summed E-state index contributed by atoms with van der Waals surface area (Å²) in [7, 11) is 0. The van der Waals surface area contributed by atoms with Crippen LogP contribution in [0.5, 0.6) is 0 Å². The molecule has 3 heteroatoms. The molecule has 0 radical (unpaired) electrons. The van der Waals surface area contributed by atoms with E-state index in [2.05, 4.69) is 41.5 Å². The maximum absolute atomic E-state index is 4.72. The third-order valence-electron chi connectivity index (χ3n) is 2.54. The molecule has 1 aliphatic heterocycles. The Kier molecular flexibility index (Phi) is 2.54. The van der Waals surface area contributed by atoms with Crippen molar-refractivity contribution in [2.45, 2.75) is 47.2 Å². The van der Waals surface area contributed by atoms with Crippen LogP contribution in [0.25, 0.3) is 11.1 Å². The number of rotatable bonds is 0. The summed E-state index contributed by atoms with van der Waals surface area (Å²) in [5.74, 6) is 0. The van der Waals surface area contributed by atoms with Crippen LogP contribution < -0.4 is 19.8 Å². The van der Waals surface area contributed by atoms with Gasteiger partial charge in [-0.25, -0.2) is 0 Å². The molecular formula is C13H18N2S. The van der Waals surface area contributed by atoms with Gasteiger partial charge in [-0.3, -0.25) is 9.98 Å². The second-order valence-electron chi connectivity index (χ2n) is 5.18. The number of nitrogens with zero attached hydrogens (tertiary/aromatic N) is 2. The Labute approximate surface area is 99.8 Å². The van der Waals surface area contributed by atoms with Crippen molar-refractivity contribution in [2.75, 3.05) is 0 Å². The SMILES string of the molecule is CC(C)=c1sc(=C(C)C)c2c1=NC(C)(C)N=2. The summed E-state index contributed by atoms with van der Waals surface area (Å²) in [6.45, 7) is 12.7. The van der Waals surface area contributed by atoms with Gasteiger partial charge in [0.1, 0.15) is 16.4 Å². The van der Waals surface area contributed by atoms with Crippen LogP contribution in [0.1, 0.15) is 41.5 Å². The first-order valence-corrected chi connectivity index (χ1v) is 6.37. The van der Waals surface area contributed by atoms with Crippen molar-refractivity contribution in [1.29, 1.82) is 0 Å². The van der Waals surface area contributed by atoms with Crippen LogP contribution in [0.2, 0.25) is 0 Å². The van der Waals surface area contributed by atoms with Gasteiger partial charge in [0.15, 0.2) is 0 Å². The molecule has 1 aromatic heterocycles. The molecule has 2 heterocycles. The second-order valence-corrected chi connectivity index (χ2v) is 6.20. The van der Waals surface area contributed by atoms with Gasteiger partial charge in [-0.1, -0.05) is 11.1 Å². The van der Waals surface area contributed by atoms with Crippen molar-refractivity contribution in [2.24, 2.45) is 9.98 Å². The molecule has 0 atom stereocenters. The minimum Gasteiger partial charge on any atom is -0.252 e. The van der Waals surface area contributed by atoms with E-state index < -0.39 is 0 Å². The summed E-state index contributed by atoms with van der Waals surface area (Å²) in [5.41, 5.74) is 2.36. The van der Waals surface area contributed by atoms with Crippen molar-refractivity contribution in [3.63, 3.8) is 0 Å². The molecule has 0 aliphatic carbocycles. The third kappa shape index (κ3) is 1.73. The summed E-state index contributed by atoms with van der Waals surface area (Å²) in [5, 5.41) is 2.21. The molecule has 0 aromatic carbocycles. The fourth-order valence-corrected chi connectivity index (χ4v) is 2.96. The fourth-order valence-electron chi connectivity index (χ4n) is 1.87. The van der Waals surface area contributed by atoms with E-state index in [0.29, 0.717) is 0 Å². The highest BCUT2D eigenvalue weighted by atomic mass is 32.1. The number of hydrogen-bond donors (Lipinski definition) is 0. The molecule has 0 saturated heterocycles. The maximum atomic E-state index is 4.72. The van der Waals surface area contributed by atoms with Crippen LogP contribution in [0.4, 0.5) is 0 Å². The first kappa shape index (κ1) is 11.5. The Hall–Kier alpha value is -0.960. The van der Waals surface area contributed by atoms with E-state index in [1.165, 1.54) is 20.2 Å². The molecule has 1 aromatic rings. The Bertz CT molecular complexity index is 610. The Morgan fingerprint density at radius 2 is 1.25 bits per heavy atom. The lowest BCUT2D eigenvalue weighted by Gasteiger charge is -2.07. The van der Waals surface area contributed by atoms with Crippen molar-refractivity contribution < 1.29 is 0 Å². The van der Waals surface area contributed by atoms with Gasteiger partial charge >= 0.3 is 0 Å². The number of fused-ring (bicyclic) bond motifs is 1. The molecule has 0 amide bonds. The van der Waals surface area contributed by atoms with E-state index in [0.717, 1.165) is 10.7 Å². The van der Waals surface area contributed by atoms with Crippen molar-refractivity contribution in [3.8, 4) is 0 Å². The summed E-state index contributed by atoms with van der Waals surface area (Å²) >= 11 is 1.82. The highest BCUT2D eigenvalue weighted by Gasteiger charge is 2.20. The summed E-state index contributed by atoms with van der Waals surface area (Å²) in [4.78, 5) is 9.44. The Balaban J connectivity index is 3.12. The summed E-state index contributed by atoms with van der Waals surface area (Å²) in [6.07, 6.45) is 0. The summed E-state index contributed by atoms with van der Waals surface area (Å²) < 4.78 is 2.58. The highest BCUT2D eigenvalue weighted by molar-refractivity contribution is 7.07. The van der Waals surface area contributed by atoms with Crippen LogP contribution in [0.15, 0.2) is 9.98 Å². The van der Waals surface area contributed by atoms with E-state index in [9.17, 15) is 0 Å². The summed E-state index contributed by atoms with van der Waals surface area (Å²) in [6, 6.07) is 0. The molecule has 0 N–H and O–H groups in total. The lowest BCUT2D eigenvalue weighted by molar-refractivity contribution is 0.548. The predicted octanol–water partition coefficient (Wildman–Crippen LogP) is 1.12. The minimum atomic E-state index is -0.285. The van der Waals surface area contributed by atoms with Crippen LogP contribution >= 0.6 is 11.3 Å². The molecule has 2 rings (SSSR count). The monoisotopic (exact) mass is 234 g/mol. The number of thiophene rings is 1. The van der Waals surface area contributed by atoms with Gasteiger partial charge in [0.05, 0.1) is 9.06 Å². The van der Waals surface area contributed by atoms with E-state index in [-0.39, 0.29) is 5.66 Å². The molecule has 86 valence electrons. The first-order valence-electron chi connectivity index (χ1n) is 5.55. The van der Waals surface area contributed by atoms with Gasteiger partial charge in [-0.15, -0.1) is 11.3 Å². The average molecular weight is 234 g/mol. The molecule has 0 unspecified atom stereocenters. The van der Waals surface area contributed by atoms with Gasteiger partial charge in [-0.05, 0) is 41.5 Å². The maximum Gasteiger partial charge on any atom is 0.146 e. The molecule has 2 nitrogen and oxygen atoms in total. The van der Waals surface area contributed by atoms with Crippen molar-refractivity contribution >= 4 is 22.5 Å². The third-order valence-corrected chi connectivity index (χ3v) is 4.15. The topological polar surface area (TPSA) is 24.7 Å². The molecule has 1 aliphatic rings. The smallest absolute Gasteiger partial charge is 0.146 e. The first-order chi connectivity index (χ1) is 7.32. The minimum absolute atomic E-state index is 0.285. The van der Waals surface area contributed by atoms with E-state index >= 15 is 0 Å². The Morgan fingerprint density at radius 1 is 0.875 bits per heavy atom. The van der Waals surface area contributed by atoms with E-state index in [1.54, 1.807) is 0 Å². The normalized spacial score (nSPS) is 16.4. The van der Waals surface area contributed by atoms with Gasteiger partial charge in [0.2, 0.25) is 0 Å². The Morgan fingerprint density at radius 3 is 1.56 bits per heavy atom. The molecular weight excluding hydrogens is 216 g/mol. The number of hydrogen-bond acceptors (Lipinski definition) is 3. The molecule has 0 spiro atoms. The second kappa shape index (κ2) is 3.52. The van der Waals surface area contributed by atoms with E-state index in [4.69, 9.17) is 9.98 Å². The lowest BCUT2D eigenvalue weighted by atomic mass is 10.3. The highest BCUT2D eigenvalue weighted by Crippen LogP contribution is 2.09. The lowest BCUT2D eigenvalue weighted by Crippen LogP contribution is -2.36. The van der Waals surface area contributed by atoms with Crippen LogP contribution in [-0.2, 0) is 0 Å². The van der Waals surface area contributed by atoms with Crippen LogP contribution in [0, 0.1) is 0 Å². The molecule has 0 fully saturated rings. The fraction of sp³-hybridized carbons (Fsp3) is 0.538. The van der Waals surface area contributed by atoms with Gasteiger partial charge in [0.25, 0.3) is 0 Å². The largest absolute Gasteiger partial charge is 0.252 e. The zero-order valence-electron chi connectivity index (χ0n) is 10.8. The van der Waals surface area contributed by atoms with Gasteiger partial charge in [-0.2, -0.15) is 0 Å². The van der Waals surface area contributed by atoms with Crippen LogP contribution in [0.3, 0.4) is 0 Å². The van der Waals surface area contributed by atoms with Gasteiger partial charge in [0, 0.05) is 0 Å². The molecule has 16 heavy (non-hydrogen) atoms. The van der Waals surface area contributed by atoms with Gasteiger partial charge < -0.3 is 0 Å². The standard InChI is InChI=1S/C13H18N2S/c1-7(2)11-9-10(12(16-11)8(3)4)15-13(5,6)14-9/h1-6H3. The zero-order valence-corrected chi connectivity index (χ0v) is 11.6. The average Bonchev–Trinajstić information content (AvgIpc) is 2.56. The quantitative estimate of drug-likeness (QED) is 0.643. The van der Waals surface area contributed by atoms with E-state index in [1.807, 2.05) is 11.3 Å². The van der Waals surface area contributed by atoms with Crippen molar-refractivity contribution in [3.05, 3.63) is 19.8 Å². The van der Waals surface area contributed by atoms with Crippen molar-refractivity contribution in [1.82, 2.24) is 0 Å².